The predicted octanol–water partition coefficient (Wildman–Crippen LogP) is 3.24. The molecule has 0 saturated heterocycles. The van der Waals surface area contributed by atoms with Crippen LogP contribution in [0.5, 0.6) is 0 Å². The van der Waals surface area contributed by atoms with Gasteiger partial charge in [-0.2, -0.15) is 9.28 Å². The van der Waals surface area contributed by atoms with Crippen LogP contribution in [0.4, 0.5) is 10.5 Å². The Kier molecular flexibility index (Phi) is 3.18. The molecule has 0 spiro atoms. The van der Waals surface area contributed by atoms with Crippen LogP contribution in [-0.2, 0) is 4.74 Å². The summed E-state index contributed by atoms with van der Waals surface area (Å²) in [5.74, 6) is -0.475. The number of benzene rings is 1. The molecule has 106 valence electrons. The number of hydrogen-bond acceptors (Lipinski definition) is 3. The Morgan fingerprint density at radius 2 is 1.90 bits per heavy atom. The summed E-state index contributed by atoms with van der Waals surface area (Å²) in [4.78, 5) is 23.5. The van der Waals surface area contributed by atoms with Gasteiger partial charge in [0.2, 0.25) is 0 Å². The smallest absolute Gasteiger partial charge is 0.465 e. The van der Waals surface area contributed by atoms with E-state index in [1.807, 2.05) is 20.8 Å². The lowest BCUT2D eigenvalue weighted by Crippen LogP contribution is -2.60. The molecular formula is C15H18NO4+. The second-order valence-corrected chi connectivity index (χ2v) is 5.76. The summed E-state index contributed by atoms with van der Waals surface area (Å²) in [5.41, 5.74) is 1.15. The number of carbonyl (C=O) groups is 2. The van der Waals surface area contributed by atoms with Crippen molar-refractivity contribution in [2.24, 2.45) is 0 Å². The fourth-order valence-corrected chi connectivity index (χ4v) is 2.55. The minimum absolute atomic E-state index is 0.340. The highest BCUT2D eigenvalue weighted by Gasteiger charge is 2.52. The third kappa shape index (κ3) is 1.82. The van der Waals surface area contributed by atoms with Gasteiger partial charge in [-0.05, 0) is 32.9 Å². The van der Waals surface area contributed by atoms with Gasteiger partial charge in [-0.15, -0.1) is 0 Å². The Bertz CT molecular complexity index is 613. The molecule has 1 heterocycles. The standard InChI is InChI=1S/C15H17NO4/c1-15(2,3)16(14(18)19)8-7-10-5-6-11(9-12(10)16)13(17)20-4/h5-9H,1-4H3/p+1. The van der Waals surface area contributed by atoms with Gasteiger partial charge in [-0.25, -0.2) is 4.79 Å². The molecule has 0 bridgehead atoms. The molecule has 1 aliphatic heterocycles. The summed E-state index contributed by atoms with van der Waals surface area (Å²) in [5, 5.41) is 9.74. The van der Waals surface area contributed by atoms with E-state index in [9.17, 15) is 14.7 Å². The van der Waals surface area contributed by atoms with Gasteiger partial charge in [0.05, 0.1) is 12.7 Å². The maximum atomic E-state index is 11.9. The average Bonchev–Trinajstić information content (AvgIpc) is 2.76. The molecule has 5 nitrogen and oxygen atoms in total. The predicted molar refractivity (Wildman–Crippen MR) is 76.4 cm³/mol. The Morgan fingerprint density at radius 3 is 2.40 bits per heavy atom. The number of rotatable bonds is 1. The zero-order valence-corrected chi connectivity index (χ0v) is 12.0. The number of amides is 1. The van der Waals surface area contributed by atoms with Crippen LogP contribution in [-0.4, -0.2) is 29.8 Å². The third-order valence-corrected chi connectivity index (χ3v) is 3.67. The lowest BCUT2D eigenvalue weighted by atomic mass is 10.0. The number of methoxy groups -OCH3 is 1. The fraction of sp³-hybridized carbons (Fsp3) is 0.333. The van der Waals surface area contributed by atoms with Crippen molar-refractivity contribution in [3.05, 3.63) is 35.5 Å². The number of fused-ring (bicyclic) bond motifs is 1. The van der Waals surface area contributed by atoms with Crippen LogP contribution in [0.15, 0.2) is 24.4 Å². The van der Waals surface area contributed by atoms with Crippen LogP contribution < -0.4 is 4.48 Å². The second-order valence-electron chi connectivity index (χ2n) is 5.76. The van der Waals surface area contributed by atoms with Crippen LogP contribution in [0.1, 0.15) is 36.7 Å². The molecule has 0 aromatic heterocycles. The number of quaternary nitrogens is 1. The molecule has 1 atom stereocenters. The largest absolute Gasteiger partial charge is 0.523 e. The van der Waals surface area contributed by atoms with Gasteiger partial charge in [-0.1, -0.05) is 0 Å². The zero-order valence-electron chi connectivity index (χ0n) is 12.0. The van der Waals surface area contributed by atoms with Crippen LogP contribution in [0, 0.1) is 0 Å². The van der Waals surface area contributed by atoms with Crippen molar-refractivity contribution in [2.75, 3.05) is 7.11 Å². The van der Waals surface area contributed by atoms with Crippen molar-refractivity contribution in [3.8, 4) is 0 Å². The summed E-state index contributed by atoms with van der Waals surface area (Å²) in [6.07, 6.45) is 2.44. The minimum Gasteiger partial charge on any atom is -0.465 e. The molecule has 1 N–H and O–H groups in total. The summed E-state index contributed by atoms with van der Waals surface area (Å²) < 4.78 is 4.36. The van der Waals surface area contributed by atoms with Crippen LogP contribution in [0.3, 0.4) is 0 Å². The van der Waals surface area contributed by atoms with Gasteiger partial charge in [-0.3, -0.25) is 0 Å². The lowest BCUT2D eigenvalue weighted by Gasteiger charge is -2.38. The van der Waals surface area contributed by atoms with E-state index in [-0.39, 0.29) is 4.48 Å². The summed E-state index contributed by atoms with van der Waals surface area (Å²) in [6.45, 7) is 5.56. The van der Waals surface area contributed by atoms with E-state index in [2.05, 4.69) is 0 Å². The van der Waals surface area contributed by atoms with Crippen LogP contribution in [0.2, 0.25) is 0 Å². The number of ether oxygens (including phenoxy) is 1. The first-order valence-electron chi connectivity index (χ1n) is 6.28. The highest BCUT2D eigenvalue weighted by Crippen LogP contribution is 2.42. The Morgan fingerprint density at radius 1 is 1.25 bits per heavy atom. The van der Waals surface area contributed by atoms with Crippen LogP contribution in [0.25, 0.3) is 6.08 Å². The normalized spacial score (nSPS) is 20.6. The number of esters is 1. The first-order chi connectivity index (χ1) is 9.24. The number of hydrogen-bond donors (Lipinski definition) is 1. The van der Waals surface area contributed by atoms with Crippen molar-refractivity contribution < 1.29 is 19.4 Å². The molecule has 0 aliphatic carbocycles. The highest BCUT2D eigenvalue weighted by atomic mass is 16.5. The van der Waals surface area contributed by atoms with Crippen LogP contribution >= 0.6 is 0 Å². The SMILES string of the molecule is COC(=O)c1ccc2c(c1)[N+](C(=O)O)(C(C)(C)C)C=C2. The molecule has 1 aliphatic rings. The molecule has 1 aromatic carbocycles. The van der Waals surface area contributed by atoms with Gasteiger partial charge in [0.15, 0.2) is 5.69 Å². The van der Waals surface area contributed by atoms with E-state index < -0.39 is 17.6 Å². The topological polar surface area (TPSA) is 63.6 Å². The average molecular weight is 276 g/mol. The number of carboxylic acid groups (broad SMARTS) is 1. The van der Waals surface area contributed by atoms with Gasteiger partial charge in [0.25, 0.3) is 0 Å². The summed E-state index contributed by atoms with van der Waals surface area (Å²) in [6, 6.07) is 4.98. The number of nitrogens with zero attached hydrogens (tertiary/aromatic N) is 1. The number of carbonyl (C=O) groups excluding carboxylic acids is 1. The van der Waals surface area contributed by atoms with E-state index in [0.717, 1.165) is 5.56 Å². The van der Waals surface area contributed by atoms with Crippen molar-refractivity contribution in [1.29, 1.82) is 0 Å². The van der Waals surface area contributed by atoms with E-state index in [1.54, 1.807) is 30.5 Å². The molecule has 0 saturated carbocycles. The molecule has 0 fully saturated rings. The molecule has 1 unspecified atom stereocenters. The van der Waals surface area contributed by atoms with E-state index >= 15 is 0 Å². The van der Waals surface area contributed by atoms with Gasteiger partial charge >= 0.3 is 12.1 Å². The third-order valence-electron chi connectivity index (χ3n) is 3.67. The molecule has 5 heteroatoms. The molecular weight excluding hydrogens is 258 g/mol. The molecule has 0 radical (unpaired) electrons. The summed E-state index contributed by atoms with van der Waals surface area (Å²) >= 11 is 0. The monoisotopic (exact) mass is 276 g/mol. The first-order valence-corrected chi connectivity index (χ1v) is 6.28. The minimum atomic E-state index is -0.977. The van der Waals surface area contributed by atoms with E-state index in [1.165, 1.54) is 7.11 Å². The van der Waals surface area contributed by atoms with Crippen molar-refractivity contribution in [1.82, 2.24) is 4.48 Å². The van der Waals surface area contributed by atoms with Gasteiger partial charge in [0, 0.05) is 17.7 Å². The maximum Gasteiger partial charge on any atom is 0.523 e. The van der Waals surface area contributed by atoms with Crippen molar-refractivity contribution >= 4 is 23.8 Å². The van der Waals surface area contributed by atoms with Gasteiger partial charge < -0.3 is 9.84 Å². The Labute approximate surface area is 117 Å². The summed E-state index contributed by atoms with van der Waals surface area (Å²) in [7, 11) is 1.30. The second kappa shape index (κ2) is 4.45. The Balaban J connectivity index is 2.68. The van der Waals surface area contributed by atoms with E-state index in [0.29, 0.717) is 11.3 Å². The fourth-order valence-electron chi connectivity index (χ4n) is 2.55. The molecule has 2 rings (SSSR count). The molecule has 1 aromatic rings. The molecule has 1 amide bonds. The maximum absolute atomic E-state index is 11.9. The first kappa shape index (κ1) is 14.3. The van der Waals surface area contributed by atoms with Gasteiger partial charge in [0.1, 0.15) is 11.7 Å². The highest BCUT2D eigenvalue weighted by molar-refractivity contribution is 5.96. The van der Waals surface area contributed by atoms with Crippen molar-refractivity contribution in [2.45, 2.75) is 26.3 Å². The van der Waals surface area contributed by atoms with Crippen molar-refractivity contribution in [3.63, 3.8) is 0 Å². The van der Waals surface area contributed by atoms with E-state index in [4.69, 9.17) is 4.74 Å². The lowest BCUT2D eigenvalue weighted by molar-refractivity contribution is 0.0600. The molecule has 20 heavy (non-hydrogen) atoms. The zero-order chi connectivity index (χ0) is 15.1. The Hall–Kier alpha value is -2.14. The quantitative estimate of drug-likeness (QED) is 0.631.